The van der Waals surface area contributed by atoms with Crippen molar-refractivity contribution in [3.63, 3.8) is 0 Å². The Labute approximate surface area is 112 Å². The highest BCUT2D eigenvalue weighted by atomic mass is 16.1. The van der Waals surface area contributed by atoms with Gasteiger partial charge in [0, 0.05) is 11.4 Å². The second kappa shape index (κ2) is 4.72. The molecule has 0 spiro atoms. The van der Waals surface area contributed by atoms with Gasteiger partial charge in [-0.15, -0.1) is 0 Å². The molecule has 1 aliphatic rings. The summed E-state index contributed by atoms with van der Waals surface area (Å²) in [4.78, 5) is 12.6. The predicted octanol–water partition coefficient (Wildman–Crippen LogP) is 2.69. The summed E-state index contributed by atoms with van der Waals surface area (Å²) in [7, 11) is 0. The highest BCUT2D eigenvalue weighted by Crippen LogP contribution is 2.28. The highest BCUT2D eigenvalue weighted by Gasteiger charge is 2.22. The summed E-state index contributed by atoms with van der Waals surface area (Å²) in [5.74, 6) is 0. The van der Waals surface area contributed by atoms with Crippen molar-refractivity contribution in [2.24, 2.45) is 0 Å². The zero-order chi connectivity index (χ0) is 13.4. The average molecular weight is 260 g/mol. The second-order valence-corrected chi connectivity index (χ2v) is 5.51. The van der Waals surface area contributed by atoms with Crippen LogP contribution in [0.25, 0.3) is 11.3 Å². The van der Waals surface area contributed by atoms with Crippen molar-refractivity contribution in [1.82, 2.24) is 20.0 Å². The normalized spacial score (nSPS) is 16.9. The van der Waals surface area contributed by atoms with Crippen molar-refractivity contribution in [3.05, 3.63) is 27.8 Å². The minimum absolute atomic E-state index is 0.0656. The Kier molecular flexibility index (Phi) is 3.05. The maximum Gasteiger partial charge on any atom is 0.276 e. The number of hydrogen-bond acceptors (Lipinski definition) is 2. The van der Waals surface area contributed by atoms with Gasteiger partial charge in [0.25, 0.3) is 5.56 Å². The molecule has 5 nitrogen and oxygen atoms in total. The first-order valence-electron chi connectivity index (χ1n) is 7.00. The van der Waals surface area contributed by atoms with Gasteiger partial charge in [0.2, 0.25) is 0 Å². The molecule has 0 aliphatic heterocycles. The van der Waals surface area contributed by atoms with Gasteiger partial charge in [-0.05, 0) is 32.8 Å². The summed E-state index contributed by atoms with van der Waals surface area (Å²) in [6.45, 7) is 3.89. The van der Waals surface area contributed by atoms with Crippen LogP contribution in [0.1, 0.15) is 49.5 Å². The third kappa shape index (κ3) is 2.13. The van der Waals surface area contributed by atoms with Crippen molar-refractivity contribution in [1.29, 1.82) is 0 Å². The van der Waals surface area contributed by atoms with E-state index >= 15 is 0 Å². The molecule has 0 bridgehead atoms. The van der Waals surface area contributed by atoms with Gasteiger partial charge >= 0.3 is 0 Å². The number of aromatic nitrogens is 4. The van der Waals surface area contributed by atoms with Crippen LogP contribution in [0.3, 0.4) is 0 Å². The Balaban J connectivity index is 2.03. The van der Waals surface area contributed by atoms with Gasteiger partial charge in [0.05, 0.1) is 17.3 Å². The van der Waals surface area contributed by atoms with Gasteiger partial charge in [0.15, 0.2) is 0 Å². The third-order valence-electron chi connectivity index (χ3n) is 4.00. The lowest BCUT2D eigenvalue weighted by atomic mass is 9.96. The monoisotopic (exact) mass is 260 g/mol. The molecule has 0 aromatic carbocycles. The molecule has 0 radical (unpaired) electrons. The molecule has 0 saturated heterocycles. The van der Waals surface area contributed by atoms with Crippen LogP contribution in [0.15, 0.2) is 10.9 Å². The van der Waals surface area contributed by atoms with Crippen LogP contribution in [0.4, 0.5) is 0 Å². The standard InChI is InChI=1S/C14H20N4O/c1-9-8-12(16-15-9)13-10(2)17-18(14(13)19)11-6-4-3-5-7-11/h8,11,17H,3-7H2,1-2H3,(H,15,16). The van der Waals surface area contributed by atoms with Crippen molar-refractivity contribution in [3.8, 4) is 11.3 Å². The molecule has 102 valence electrons. The van der Waals surface area contributed by atoms with E-state index in [1.54, 1.807) is 0 Å². The highest BCUT2D eigenvalue weighted by molar-refractivity contribution is 5.60. The van der Waals surface area contributed by atoms with Gasteiger partial charge in [-0.2, -0.15) is 5.10 Å². The molecular weight excluding hydrogens is 240 g/mol. The van der Waals surface area contributed by atoms with Crippen molar-refractivity contribution >= 4 is 0 Å². The lowest BCUT2D eigenvalue weighted by Gasteiger charge is -2.21. The molecule has 2 aromatic heterocycles. The molecule has 19 heavy (non-hydrogen) atoms. The van der Waals surface area contributed by atoms with Gasteiger partial charge < -0.3 is 0 Å². The molecule has 1 fully saturated rings. The fourth-order valence-corrected chi connectivity index (χ4v) is 3.01. The third-order valence-corrected chi connectivity index (χ3v) is 4.00. The first-order chi connectivity index (χ1) is 9.16. The van der Waals surface area contributed by atoms with E-state index < -0.39 is 0 Å². The lowest BCUT2D eigenvalue weighted by molar-refractivity contribution is 0.322. The van der Waals surface area contributed by atoms with Crippen LogP contribution in [0, 0.1) is 13.8 Å². The molecule has 2 N–H and O–H groups in total. The Morgan fingerprint density at radius 2 is 2.00 bits per heavy atom. The van der Waals surface area contributed by atoms with Gasteiger partial charge in [-0.1, -0.05) is 19.3 Å². The van der Waals surface area contributed by atoms with Crippen LogP contribution in [0.2, 0.25) is 0 Å². The molecule has 2 aromatic rings. The summed E-state index contributed by atoms with van der Waals surface area (Å²) >= 11 is 0. The molecule has 3 rings (SSSR count). The zero-order valence-corrected chi connectivity index (χ0v) is 11.5. The Morgan fingerprint density at radius 3 is 2.63 bits per heavy atom. The summed E-state index contributed by atoms with van der Waals surface area (Å²) in [5, 5.41) is 10.3. The number of aryl methyl sites for hydroxylation is 2. The molecule has 1 aliphatic carbocycles. The first-order valence-corrected chi connectivity index (χ1v) is 7.00. The fourth-order valence-electron chi connectivity index (χ4n) is 3.01. The molecule has 0 unspecified atom stereocenters. The maximum absolute atomic E-state index is 12.6. The molecule has 5 heteroatoms. The number of hydrogen-bond donors (Lipinski definition) is 2. The number of aromatic amines is 2. The van der Waals surface area contributed by atoms with Crippen LogP contribution in [-0.2, 0) is 0 Å². The number of nitrogens with zero attached hydrogens (tertiary/aromatic N) is 2. The number of rotatable bonds is 2. The van der Waals surface area contributed by atoms with E-state index in [9.17, 15) is 4.79 Å². The Bertz CT molecular complexity index is 628. The quantitative estimate of drug-likeness (QED) is 0.871. The predicted molar refractivity (Wildman–Crippen MR) is 74.2 cm³/mol. The molecule has 1 saturated carbocycles. The minimum Gasteiger partial charge on any atom is -0.299 e. The largest absolute Gasteiger partial charge is 0.299 e. The van der Waals surface area contributed by atoms with Gasteiger partial charge in [0.1, 0.15) is 0 Å². The topological polar surface area (TPSA) is 66.5 Å². The number of H-pyrrole nitrogens is 2. The van der Waals surface area contributed by atoms with E-state index in [-0.39, 0.29) is 5.56 Å². The SMILES string of the molecule is Cc1cc(-c2c(C)[nH]n(C3CCCCC3)c2=O)n[nH]1. The van der Waals surface area contributed by atoms with Crippen molar-refractivity contribution < 1.29 is 0 Å². The van der Waals surface area contributed by atoms with Crippen LogP contribution < -0.4 is 5.56 Å². The van der Waals surface area contributed by atoms with Crippen LogP contribution in [0.5, 0.6) is 0 Å². The summed E-state index contributed by atoms with van der Waals surface area (Å²) in [6.07, 6.45) is 5.91. The van der Waals surface area contributed by atoms with E-state index in [2.05, 4.69) is 15.3 Å². The Hall–Kier alpha value is -1.78. The van der Waals surface area contributed by atoms with E-state index in [4.69, 9.17) is 0 Å². The van der Waals surface area contributed by atoms with E-state index in [0.717, 1.165) is 29.9 Å². The zero-order valence-electron chi connectivity index (χ0n) is 11.5. The van der Waals surface area contributed by atoms with E-state index in [1.165, 1.54) is 19.3 Å². The smallest absolute Gasteiger partial charge is 0.276 e. The molecule has 0 amide bonds. The summed E-state index contributed by atoms with van der Waals surface area (Å²) < 4.78 is 1.81. The van der Waals surface area contributed by atoms with Crippen molar-refractivity contribution in [2.45, 2.75) is 52.0 Å². The summed E-state index contributed by atoms with van der Waals surface area (Å²) in [6, 6.07) is 2.25. The first kappa shape index (κ1) is 12.3. The lowest BCUT2D eigenvalue weighted by Crippen LogP contribution is -2.25. The van der Waals surface area contributed by atoms with E-state index in [1.807, 2.05) is 24.6 Å². The molecular formula is C14H20N4O. The van der Waals surface area contributed by atoms with Crippen LogP contribution >= 0.6 is 0 Å². The second-order valence-electron chi connectivity index (χ2n) is 5.51. The fraction of sp³-hybridized carbons (Fsp3) is 0.571. The van der Waals surface area contributed by atoms with Gasteiger partial charge in [-0.3, -0.25) is 15.0 Å². The minimum atomic E-state index is 0.0656. The average Bonchev–Trinajstić information content (AvgIpc) is 2.95. The number of nitrogens with one attached hydrogen (secondary N) is 2. The molecule has 2 heterocycles. The van der Waals surface area contributed by atoms with E-state index in [0.29, 0.717) is 11.6 Å². The maximum atomic E-state index is 12.6. The van der Waals surface area contributed by atoms with Crippen LogP contribution in [-0.4, -0.2) is 20.0 Å². The molecule has 0 atom stereocenters. The van der Waals surface area contributed by atoms with Gasteiger partial charge in [-0.25, -0.2) is 4.68 Å². The Morgan fingerprint density at radius 1 is 1.26 bits per heavy atom. The van der Waals surface area contributed by atoms with Crippen molar-refractivity contribution in [2.75, 3.05) is 0 Å². The summed E-state index contributed by atoms with van der Waals surface area (Å²) in [5.41, 5.74) is 3.39.